The average Bonchev–Trinajstić information content (AvgIpc) is 1.38. The van der Waals surface area contributed by atoms with Crippen LogP contribution in [-0.4, -0.2) is 395 Å². The highest BCUT2D eigenvalue weighted by Gasteiger charge is 2.43. The fourth-order valence-electron chi connectivity index (χ4n) is 14.4. The van der Waals surface area contributed by atoms with Gasteiger partial charge in [-0.1, -0.05) is 37.8 Å². The van der Waals surface area contributed by atoms with Gasteiger partial charge in [-0.05, 0) is 69.3 Å². The first-order chi connectivity index (χ1) is 63.5. The molecule has 4 fully saturated rings. The summed E-state index contributed by atoms with van der Waals surface area (Å²) in [6.45, 7) is 5.25. The van der Waals surface area contributed by atoms with Crippen LogP contribution in [0.5, 0.6) is 0 Å². The summed E-state index contributed by atoms with van der Waals surface area (Å²) in [7, 11) is 1.96. The van der Waals surface area contributed by atoms with Gasteiger partial charge in [0.25, 0.3) is 5.91 Å². The topological polar surface area (TPSA) is 533 Å². The summed E-state index contributed by atoms with van der Waals surface area (Å²) in [4.78, 5) is 112. The Bertz CT molecular complexity index is 3880. The minimum atomic E-state index is -4.73. The van der Waals surface area contributed by atoms with Crippen LogP contribution < -0.4 is 42.5 Å². The van der Waals surface area contributed by atoms with Crippen LogP contribution in [0.4, 0.5) is 43.7 Å². The lowest BCUT2D eigenvalue weighted by Gasteiger charge is -2.38. The molecule has 1 saturated carbocycles. The van der Waals surface area contributed by atoms with Crippen molar-refractivity contribution in [2.24, 2.45) is 5.92 Å². The number of carbonyl (C=O) groups is 7. The maximum atomic E-state index is 14.1. The van der Waals surface area contributed by atoms with Gasteiger partial charge in [0.2, 0.25) is 35.4 Å². The molecule has 2 unspecified atom stereocenters. The number of aliphatic hydroxyl groups excluding tert-OH is 6. The van der Waals surface area contributed by atoms with Gasteiger partial charge < -0.3 is 145 Å². The van der Waals surface area contributed by atoms with Crippen LogP contribution in [0.1, 0.15) is 98.6 Å². The van der Waals surface area contributed by atoms with E-state index in [1.807, 2.05) is 14.0 Å². The molecule has 12 atom stereocenters. The predicted molar refractivity (Wildman–Crippen MR) is 455 cm³/mol. The highest BCUT2D eigenvalue weighted by molar-refractivity contribution is 6.00. The zero-order chi connectivity index (χ0) is 95.1. The third-order valence-corrected chi connectivity index (χ3v) is 21.7. The van der Waals surface area contributed by atoms with Crippen molar-refractivity contribution in [3.8, 4) is 0 Å². The molecule has 3 aliphatic heterocycles. The van der Waals surface area contributed by atoms with E-state index >= 15 is 0 Å². The molecule has 48 heteroatoms. The Hall–Kier alpha value is -8.74. The Morgan fingerprint density at radius 1 is 0.515 bits per heavy atom. The number of halogens is 6. The second kappa shape index (κ2) is 59.2. The number of benzene rings is 1. The number of nitrogens with one attached hydrogen (secondary N) is 8. The van der Waals surface area contributed by atoms with E-state index in [4.69, 9.17) is 61.6 Å². The maximum Gasteiger partial charge on any atom is 0.434 e. The minimum absolute atomic E-state index is 0.00920. The Morgan fingerprint density at radius 3 is 1.39 bits per heavy atom. The summed E-state index contributed by atoms with van der Waals surface area (Å²) in [6, 6.07) is 3.52. The number of alkyl halides is 6. The molecule has 3 aromatic heterocycles. The number of rotatable bonds is 61. The van der Waals surface area contributed by atoms with Crippen molar-refractivity contribution in [3.63, 3.8) is 0 Å². The quantitative estimate of drug-likeness (QED) is 0.0149. The van der Waals surface area contributed by atoms with E-state index in [0.29, 0.717) is 62.1 Å². The Kier molecular flexibility index (Phi) is 48.7. The van der Waals surface area contributed by atoms with Crippen molar-refractivity contribution in [2.75, 3.05) is 221 Å². The van der Waals surface area contributed by atoms with Crippen LogP contribution in [0, 0.1) is 5.92 Å². The summed E-state index contributed by atoms with van der Waals surface area (Å²) in [6.07, 6.45) is -10.5. The molecule has 3 saturated heterocycles. The lowest BCUT2D eigenvalue weighted by molar-refractivity contribution is -0.161. The number of hydrogen-bond donors (Lipinski definition) is 14. The monoisotopic (exact) mass is 1890 g/mol. The molecule has 8 rings (SSSR count). The van der Waals surface area contributed by atoms with E-state index in [1.54, 1.807) is 46.1 Å². The molecular weight excluding hydrogens is 1760 g/mol. The normalized spacial score (nSPS) is 20.5. The number of carbonyl (C=O) groups excluding carboxylic acids is 7. The van der Waals surface area contributed by atoms with Crippen LogP contribution in [0.15, 0.2) is 61.3 Å². The Morgan fingerprint density at radius 2 is 0.947 bits per heavy atom. The van der Waals surface area contributed by atoms with Crippen molar-refractivity contribution in [1.29, 1.82) is 0 Å². The molecule has 742 valence electrons. The predicted octanol–water partition coefficient (Wildman–Crippen LogP) is -0.586. The number of likely N-dealkylation sites (N-methyl/N-ethyl adjacent to an activating group) is 1. The van der Waals surface area contributed by atoms with Crippen molar-refractivity contribution in [3.05, 3.63) is 84.0 Å². The van der Waals surface area contributed by atoms with E-state index in [2.05, 4.69) is 72.5 Å². The highest BCUT2D eigenvalue weighted by Crippen LogP contribution is 2.32. The molecule has 4 aromatic rings. The molecule has 1 aliphatic carbocycles. The molecule has 4 aliphatic rings. The zero-order valence-corrected chi connectivity index (χ0v) is 74.2. The van der Waals surface area contributed by atoms with Gasteiger partial charge in [0, 0.05) is 77.0 Å². The molecule has 7 amide bonds. The highest BCUT2D eigenvalue weighted by atomic mass is 19.4. The first kappa shape index (κ1) is 109. The number of nitrogens with zero attached hydrogens (tertiary/aromatic N) is 8. The number of ether oxygens (including phenoxy) is 13. The van der Waals surface area contributed by atoms with E-state index < -0.39 is 140 Å². The fourth-order valence-corrected chi connectivity index (χ4v) is 14.4. The smallest absolute Gasteiger partial charge is 0.391 e. The molecule has 1 aromatic carbocycles. The Labute approximate surface area is 760 Å². The number of piperazine rings is 1. The number of aromatic nitrogens is 6. The largest absolute Gasteiger partial charge is 0.434 e. The van der Waals surface area contributed by atoms with Crippen LogP contribution in [-0.2, 0) is 116 Å². The molecule has 0 spiro atoms. The molecular formula is C84H128F6N16O26. The first-order valence-electron chi connectivity index (χ1n) is 44.3. The summed E-state index contributed by atoms with van der Waals surface area (Å²) < 4.78 is 152. The molecule has 14 N–H and O–H groups in total. The first-order valence-corrected chi connectivity index (χ1v) is 44.3. The summed E-state index contributed by atoms with van der Waals surface area (Å²) in [5.74, 6) is -3.85. The number of amides is 7. The van der Waals surface area contributed by atoms with Crippen molar-refractivity contribution < 1.29 is 152 Å². The van der Waals surface area contributed by atoms with Gasteiger partial charge in [-0.3, -0.25) is 48.2 Å². The lowest BCUT2D eigenvalue weighted by Crippen LogP contribution is -2.57. The summed E-state index contributed by atoms with van der Waals surface area (Å²) in [5, 5.41) is 91.3. The number of hydrogen-bond acceptors (Lipinski definition) is 34. The van der Waals surface area contributed by atoms with Gasteiger partial charge in [-0.2, -0.15) is 31.4 Å². The molecule has 0 bridgehead atoms. The van der Waals surface area contributed by atoms with Crippen LogP contribution in [0.25, 0.3) is 0 Å². The van der Waals surface area contributed by atoms with Gasteiger partial charge in [0.15, 0.2) is 11.4 Å². The van der Waals surface area contributed by atoms with E-state index in [1.165, 1.54) is 0 Å². The van der Waals surface area contributed by atoms with Crippen molar-refractivity contribution >= 4 is 58.7 Å². The zero-order valence-electron chi connectivity index (χ0n) is 74.2. The average molecular weight is 1890 g/mol. The maximum absolute atomic E-state index is 14.1. The third kappa shape index (κ3) is 39.7. The molecule has 42 nitrogen and oxygen atoms in total. The van der Waals surface area contributed by atoms with Crippen LogP contribution >= 0.6 is 0 Å². The van der Waals surface area contributed by atoms with Gasteiger partial charge >= 0.3 is 12.4 Å². The van der Waals surface area contributed by atoms with Gasteiger partial charge in [-0.25, -0.2) is 9.97 Å². The molecule has 6 heterocycles. The van der Waals surface area contributed by atoms with Crippen LogP contribution in [0.3, 0.4) is 0 Å². The standard InChI is InChI=1S/C84H128F6N16O26/c1-3-106-61(18-19-95-106)80(117)103-74(56-8-6-4-5-7-9-56)81(118)96-57-12-10-55(11-13-57)44-58(82(119)105-24-22-104(2)23-25-105)99-72(111)53-129-42-38-126-39-43-130-54-73(112)102-75(62(107)14-16-70(109)93-20-26-120-28-30-122-32-34-124-36-40-127-51-64-78(115)76(113)59(49-131-64)97-68-47-91-45-66(100-68)83(85,86)87)63(108)15-17-71(110)94-21-27-121-29-31-123-33-35-125-37-41-128-52-65-79(116)77(114)60(50-132-65)98-69-48-92-46-67(101-69)84(88,89)90/h10-13,18-19,45-48,56,58-60,62-65,74-79,107-108,113-116H,3-9,14-17,20-44,49-54H2,1-2H3,(H,93,109)(H,94,110)(H,96,118)(H,97,100)(H,98,101)(H,99,111)(H,102,112)(H,103,117)/t58-,59+,60+,62?,63?,64-,65-,74+,75?,76-,77-,78+,79+/m1/s1. The third-order valence-electron chi connectivity index (χ3n) is 21.7. The van der Waals surface area contributed by atoms with Gasteiger partial charge in [0.05, 0.1) is 200 Å². The minimum Gasteiger partial charge on any atom is -0.391 e. The summed E-state index contributed by atoms with van der Waals surface area (Å²) >= 11 is 0. The summed E-state index contributed by atoms with van der Waals surface area (Å²) in [5.41, 5.74) is -0.899. The van der Waals surface area contributed by atoms with Crippen LogP contribution in [0.2, 0.25) is 0 Å². The fraction of sp³-hybridized carbons (Fsp3) is 0.714. The molecule has 132 heavy (non-hydrogen) atoms. The van der Waals surface area contributed by atoms with E-state index in [-0.39, 0.29) is 226 Å². The Balaban J connectivity index is 0.693. The van der Waals surface area contributed by atoms with Crippen molar-refractivity contribution in [1.82, 2.24) is 66.1 Å². The van der Waals surface area contributed by atoms with E-state index in [9.17, 15) is 90.5 Å². The second-order valence-corrected chi connectivity index (χ2v) is 31.7. The molecule has 0 radical (unpaired) electrons. The number of anilines is 3. The second-order valence-electron chi connectivity index (χ2n) is 31.7. The SMILES string of the molecule is CCn1nccc1C(=O)N[C@H](C(=O)Nc1ccc(C[C@@H](NC(=O)COCCOCCOCC(=O)NC(C(O)CCC(=O)NCCOCCOCCOCCOC[C@H]2OC[C@H](Nc3cncc(C(F)(F)F)n3)[C@@H](O)[C@H]2O)C(O)CCC(=O)NCCOCCOCCOCCOC[C@H]2OC[C@H](Nc3cncc(C(F)(F)F)n3)[C@@H](O)[C@H]2O)C(=O)N2CCN(C)CC2)cc1)C1CCCCCC1. The number of aliphatic hydroxyl groups is 6. The lowest BCUT2D eigenvalue weighted by atomic mass is 9.91. The van der Waals surface area contributed by atoms with Gasteiger partial charge in [-0.15, -0.1) is 0 Å². The van der Waals surface area contributed by atoms with Gasteiger partial charge in [0.1, 0.15) is 79.3 Å². The number of aryl methyl sites for hydroxylation is 1. The van der Waals surface area contributed by atoms with Crippen molar-refractivity contribution in [2.45, 2.75) is 175 Å². The van der Waals surface area contributed by atoms with E-state index in [0.717, 1.165) is 50.9 Å².